The topological polar surface area (TPSA) is 75.8 Å². The van der Waals surface area contributed by atoms with Crippen LogP contribution in [0.25, 0.3) is 0 Å². The maximum absolute atomic E-state index is 7.30. The first kappa shape index (κ1) is 53.1. The summed E-state index contributed by atoms with van der Waals surface area (Å²) in [5.41, 5.74) is 5.89. The zero-order valence-corrected chi connectivity index (χ0v) is 45.4. The summed E-state index contributed by atoms with van der Waals surface area (Å²) in [4.78, 5) is 5.23. The van der Waals surface area contributed by atoms with Gasteiger partial charge in [0.15, 0.2) is 6.29 Å². The molecule has 0 unspecified atom stereocenters. The highest BCUT2D eigenvalue weighted by Gasteiger charge is 2.53. The van der Waals surface area contributed by atoms with Gasteiger partial charge in [0.25, 0.3) is 16.6 Å². The molecule has 0 atom stereocenters. The van der Waals surface area contributed by atoms with Gasteiger partial charge in [0.1, 0.15) is 0 Å². The van der Waals surface area contributed by atoms with E-state index >= 15 is 0 Å². The summed E-state index contributed by atoms with van der Waals surface area (Å²) in [6.07, 6.45) is 11.2. The number of hydrogen-bond acceptors (Lipinski definition) is 7. The molecule has 2 aliphatic rings. The number of thiazole rings is 1. The van der Waals surface area contributed by atoms with Crippen molar-refractivity contribution >= 4 is 81.9 Å². The maximum Gasteiger partial charge on any atom is 0.261 e. The first-order valence-electron chi connectivity index (χ1n) is 23.8. The van der Waals surface area contributed by atoms with Crippen molar-refractivity contribution < 1.29 is 18.3 Å². The van der Waals surface area contributed by atoms with Crippen LogP contribution in [0.5, 0.6) is 0 Å². The van der Waals surface area contributed by atoms with Crippen molar-refractivity contribution in [3.05, 3.63) is 138 Å². The maximum atomic E-state index is 7.30. The number of ether oxygens (including phenoxy) is 2. The van der Waals surface area contributed by atoms with E-state index < -0.39 is 16.6 Å². The highest BCUT2D eigenvalue weighted by molar-refractivity contribution is 9.09. The number of alkyl halides is 1. The minimum atomic E-state index is -2.45. The smallest absolute Gasteiger partial charge is 0.261 e. The molecule has 0 radical (unpaired) electrons. The van der Waals surface area contributed by atoms with E-state index in [0.29, 0.717) is 36.1 Å². The predicted molar refractivity (Wildman–Crippen MR) is 288 cm³/mol. The lowest BCUT2D eigenvalue weighted by Crippen LogP contribution is -2.67. The van der Waals surface area contributed by atoms with E-state index in [1.807, 2.05) is 20.0 Å². The average Bonchev–Trinajstić information content (AvgIpc) is 3.87. The van der Waals surface area contributed by atoms with Crippen LogP contribution in [0.15, 0.2) is 133 Å². The SMILES string of the molecule is CC(C)(C)[Si](OC1CCC(C(N)=S)CC1)(c1ccccc1)c1ccccc1.CC(C)(C)[Si](OC1CCC(c2nccs2)CC1)(c1ccccc1)c1ccccc1.CCOC(CBr)OCC. The minimum Gasteiger partial charge on any atom is -0.404 e. The Kier molecular flexibility index (Phi) is 20.8. The van der Waals surface area contributed by atoms with Crippen LogP contribution in [-0.2, 0) is 18.3 Å². The van der Waals surface area contributed by atoms with Crippen LogP contribution in [-0.4, -0.2) is 63.6 Å². The third-order valence-corrected chi connectivity index (χ3v) is 24.9. The lowest BCUT2D eigenvalue weighted by molar-refractivity contribution is -0.119. The number of benzene rings is 4. The van der Waals surface area contributed by atoms with E-state index in [2.05, 4.69) is 189 Å². The van der Waals surface area contributed by atoms with Crippen molar-refractivity contribution in [2.45, 2.75) is 141 Å². The molecule has 4 aromatic carbocycles. The molecule has 352 valence electrons. The van der Waals surface area contributed by atoms with Gasteiger partial charge in [-0.05, 0) is 96.0 Å². The van der Waals surface area contributed by atoms with Crippen LogP contribution >= 0.6 is 39.5 Å². The molecule has 0 amide bonds. The van der Waals surface area contributed by atoms with Crippen LogP contribution in [0, 0.1) is 5.92 Å². The summed E-state index contributed by atoms with van der Waals surface area (Å²) < 4.78 is 24.8. The fourth-order valence-corrected chi connectivity index (χ4v) is 20.6. The molecule has 0 aliphatic heterocycles. The Morgan fingerprint density at radius 2 is 0.985 bits per heavy atom. The fourth-order valence-electron chi connectivity index (χ4n) is 9.72. The number of thiocarbonyl (C=S) groups is 1. The van der Waals surface area contributed by atoms with Gasteiger partial charge < -0.3 is 24.1 Å². The van der Waals surface area contributed by atoms with E-state index in [9.17, 15) is 0 Å². The zero-order valence-electron chi connectivity index (χ0n) is 40.2. The Morgan fingerprint density at radius 1 is 0.631 bits per heavy atom. The van der Waals surface area contributed by atoms with Gasteiger partial charge in [-0.25, -0.2) is 4.98 Å². The molecular formula is C54H75BrN2O4S2Si2. The molecule has 0 saturated heterocycles. The Labute approximate surface area is 411 Å². The second-order valence-corrected chi connectivity index (χ2v) is 29.8. The van der Waals surface area contributed by atoms with Gasteiger partial charge in [0.05, 0.1) is 15.3 Å². The van der Waals surface area contributed by atoms with Gasteiger partial charge in [-0.3, -0.25) is 0 Å². The molecule has 5 aromatic rings. The molecular weight excluding hydrogens is 941 g/mol. The summed E-state index contributed by atoms with van der Waals surface area (Å²) in [5, 5.41) is 9.66. The highest BCUT2D eigenvalue weighted by atomic mass is 79.9. The number of nitrogens with two attached hydrogens (primary N) is 1. The van der Waals surface area contributed by atoms with Crippen LogP contribution in [0.3, 0.4) is 0 Å². The molecule has 2 fully saturated rings. The molecule has 1 heterocycles. The summed E-state index contributed by atoms with van der Waals surface area (Å²) in [7, 11) is -4.89. The molecule has 1 aromatic heterocycles. The molecule has 7 rings (SSSR count). The molecule has 0 bridgehead atoms. The molecule has 2 N–H and O–H groups in total. The van der Waals surface area contributed by atoms with Gasteiger partial charge in [-0.1, -0.05) is 191 Å². The molecule has 2 aliphatic carbocycles. The summed E-state index contributed by atoms with van der Waals surface area (Å²) >= 11 is 10.3. The number of rotatable bonds is 15. The van der Waals surface area contributed by atoms with E-state index in [0.717, 1.165) is 43.9 Å². The van der Waals surface area contributed by atoms with Gasteiger partial charge in [-0.2, -0.15) is 0 Å². The molecule has 2 saturated carbocycles. The number of hydrogen-bond donors (Lipinski definition) is 1. The van der Waals surface area contributed by atoms with Crippen molar-refractivity contribution in [1.82, 2.24) is 4.98 Å². The standard InChI is InChI=1S/C25H31NOSSi.C23H31NOSSi.C6H13BrO2/c1-25(2,3)29(22-10-6-4-7-11-22,23-12-8-5-9-13-23)27-21-16-14-20(15-17-21)24-26-18-19-28-24;1-23(2,3)27(20-10-6-4-7-11-20,21-12-8-5-9-13-21)25-19-16-14-18(15-17-19)22(24)26;1-3-8-6(5-7)9-4-2/h4-13,18-21H,14-17H2,1-3H3;4-13,18-19H,14-17H2,1-3H3,(H2,24,26);6H,3-5H2,1-2H3. The van der Waals surface area contributed by atoms with E-state index in [1.165, 1.54) is 38.6 Å². The lowest BCUT2D eigenvalue weighted by atomic mass is 9.87. The van der Waals surface area contributed by atoms with Crippen LogP contribution in [0.1, 0.15) is 118 Å². The Hall–Kier alpha value is -2.85. The highest BCUT2D eigenvalue weighted by Crippen LogP contribution is 2.42. The first-order valence-corrected chi connectivity index (χ1v) is 30.0. The second kappa shape index (κ2) is 25.5. The summed E-state index contributed by atoms with van der Waals surface area (Å²) in [6, 6.07) is 43.7. The first-order chi connectivity index (χ1) is 31.2. The van der Waals surface area contributed by atoms with Crippen LogP contribution < -0.4 is 26.5 Å². The number of nitrogens with zero attached hydrogens (tertiary/aromatic N) is 1. The summed E-state index contributed by atoms with van der Waals surface area (Å²) in [6.45, 7) is 19.4. The van der Waals surface area contributed by atoms with E-state index in [4.69, 9.17) is 36.3 Å². The number of halogens is 1. The third kappa shape index (κ3) is 13.9. The predicted octanol–water partition coefficient (Wildman–Crippen LogP) is 11.9. The molecule has 65 heavy (non-hydrogen) atoms. The quantitative estimate of drug-likeness (QED) is 0.0485. The second-order valence-electron chi connectivity index (χ2n) is 19.3. The minimum absolute atomic E-state index is 0.0235. The van der Waals surface area contributed by atoms with E-state index in [1.54, 1.807) is 11.3 Å². The van der Waals surface area contributed by atoms with Gasteiger partial charge in [-0.15, -0.1) is 11.3 Å². The monoisotopic (exact) mass is 1010 g/mol. The number of aromatic nitrogens is 1. The Bertz CT molecular complexity index is 1990. The Balaban J connectivity index is 0.000000206. The van der Waals surface area contributed by atoms with Gasteiger partial charge in [0.2, 0.25) is 0 Å². The summed E-state index contributed by atoms with van der Waals surface area (Å²) in [5.74, 6) is 0.980. The van der Waals surface area contributed by atoms with Crippen molar-refractivity contribution in [2.24, 2.45) is 11.7 Å². The normalized spacial score (nSPS) is 19.4. The third-order valence-electron chi connectivity index (χ3n) is 12.9. The van der Waals surface area contributed by atoms with Crippen LogP contribution in [0.4, 0.5) is 0 Å². The Morgan fingerprint density at radius 3 is 1.26 bits per heavy atom. The lowest BCUT2D eigenvalue weighted by Gasteiger charge is -2.46. The average molecular weight is 1020 g/mol. The molecule has 0 spiro atoms. The van der Waals surface area contributed by atoms with Gasteiger partial charge >= 0.3 is 0 Å². The van der Waals surface area contributed by atoms with Crippen molar-refractivity contribution in [2.75, 3.05) is 18.5 Å². The van der Waals surface area contributed by atoms with Crippen molar-refractivity contribution in [3.8, 4) is 0 Å². The van der Waals surface area contributed by atoms with E-state index in [-0.39, 0.29) is 22.5 Å². The largest absolute Gasteiger partial charge is 0.404 e. The van der Waals surface area contributed by atoms with Crippen LogP contribution in [0.2, 0.25) is 10.1 Å². The molecule has 6 nitrogen and oxygen atoms in total. The van der Waals surface area contributed by atoms with Crippen molar-refractivity contribution in [1.29, 1.82) is 0 Å². The van der Waals surface area contributed by atoms with Crippen molar-refractivity contribution in [3.63, 3.8) is 0 Å². The van der Waals surface area contributed by atoms with Gasteiger partial charge in [0, 0.05) is 48.8 Å². The zero-order chi connectivity index (χ0) is 46.9. The fraction of sp³-hybridized carbons (Fsp3) is 0.481. The molecule has 11 heteroatoms.